The van der Waals surface area contributed by atoms with Crippen molar-refractivity contribution < 1.29 is 9.59 Å². The Morgan fingerprint density at radius 1 is 1.13 bits per heavy atom. The van der Waals surface area contributed by atoms with Gasteiger partial charge in [-0.1, -0.05) is 19.9 Å². The number of nitrogens with zero attached hydrogens (tertiary/aromatic N) is 1. The Kier molecular flexibility index (Phi) is 5.26. The number of carbonyl (C=O) groups is 2. The van der Waals surface area contributed by atoms with E-state index in [0.29, 0.717) is 23.3 Å². The van der Waals surface area contributed by atoms with Crippen LogP contribution >= 0.6 is 0 Å². The van der Waals surface area contributed by atoms with E-state index in [-0.39, 0.29) is 22.9 Å². The summed E-state index contributed by atoms with van der Waals surface area (Å²) in [6, 6.07) is 0.303. The minimum absolute atomic E-state index is 0.0451. The molecule has 3 saturated carbocycles. The fraction of sp³-hybridized carbons (Fsp3) is 0.840. The summed E-state index contributed by atoms with van der Waals surface area (Å²) >= 11 is 0. The van der Waals surface area contributed by atoms with Crippen molar-refractivity contribution >= 4 is 11.9 Å². The molecule has 168 valence electrons. The largest absolute Gasteiger partial charge is 0.338 e. The van der Waals surface area contributed by atoms with Crippen molar-refractivity contribution in [1.82, 2.24) is 15.5 Å². The van der Waals surface area contributed by atoms with Crippen LogP contribution < -0.4 is 10.6 Å². The molecule has 0 unspecified atom stereocenters. The Bertz CT molecular complexity index is 741. The van der Waals surface area contributed by atoms with Gasteiger partial charge in [0.25, 0.3) is 0 Å². The molecule has 0 aromatic rings. The topological polar surface area (TPSA) is 61.4 Å². The van der Waals surface area contributed by atoms with E-state index in [1.807, 2.05) is 38.8 Å². The SMILES string of the molecule is CN1C(=O)C=C[C@]2(C)[C@H]3CC[C@]4(C)[C@@H](CNC(=O)NC(C)(C)C)CC[C@H]4[C@@H]3CC[C@@H]12. The number of carbonyl (C=O) groups excluding carboxylic acids is 2. The van der Waals surface area contributed by atoms with Gasteiger partial charge in [0.05, 0.1) is 0 Å². The van der Waals surface area contributed by atoms with Crippen molar-refractivity contribution in [2.24, 2.45) is 34.5 Å². The number of nitrogens with one attached hydrogen (secondary N) is 2. The molecule has 1 heterocycles. The molecule has 0 bridgehead atoms. The lowest BCUT2D eigenvalue weighted by Crippen LogP contribution is -2.59. The molecular formula is C25H41N3O2. The highest BCUT2D eigenvalue weighted by Gasteiger charge is 2.60. The highest BCUT2D eigenvalue weighted by Crippen LogP contribution is 2.65. The average Bonchev–Trinajstić information content (AvgIpc) is 2.98. The molecule has 2 N–H and O–H groups in total. The lowest BCUT2D eigenvalue weighted by atomic mass is 9.47. The Hall–Kier alpha value is -1.52. The van der Waals surface area contributed by atoms with Gasteiger partial charge in [-0.2, -0.15) is 0 Å². The van der Waals surface area contributed by atoms with Crippen molar-refractivity contribution in [1.29, 1.82) is 0 Å². The zero-order chi connectivity index (χ0) is 21.9. The van der Waals surface area contributed by atoms with Gasteiger partial charge in [-0.25, -0.2) is 4.79 Å². The molecule has 1 aliphatic heterocycles. The van der Waals surface area contributed by atoms with Crippen LogP contribution in [0.15, 0.2) is 12.2 Å². The van der Waals surface area contributed by atoms with Crippen LogP contribution in [-0.2, 0) is 4.79 Å². The summed E-state index contributed by atoms with van der Waals surface area (Å²) in [6.45, 7) is 11.7. The summed E-state index contributed by atoms with van der Waals surface area (Å²) in [5.41, 5.74) is 0.218. The molecule has 4 aliphatic rings. The second-order valence-corrected chi connectivity index (χ2v) is 12.0. The predicted octanol–water partition coefficient (Wildman–Crippen LogP) is 4.34. The van der Waals surface area contributed by atoms with E-state index in [1.54, 1.807) is 0 Å². The normalized spacial score (nSPS) is 42.9. The van der Waals surface area contributed by atoms with E-state index in [4.69, 9.17) is 0 Å². The van der Waals surface area contributed by atoms with Gasteiger partial charge >= 0.3 is 6.03 Å². The second-order valence-electron chi connectivity index (χ2n) is 12.0. The smallest absolute Gasteiger partial charge is 0.315 e. The molecule has 3 amide bonds. The molecule has 0 radical (unpaired) electrons. The third-order valence-corrected chi connectivity index (χ3v) is 9.32. The first kappa shape index (κ1) is 21.7. The summed E-state index contributed by atoms with van der Waals surface area (Å²) in [6.07, 6.45) is 11.4. The standard InChI is InChI=1S/C25H41N3O2/c1-23(2,3)27-22(30)26-15-16-7-9-18-17-8-10-20-25(5,14-12-21(29)28(20)6)19(17)11-13-24(16,18)4/h12,14,16-20H,7-11,13,15H2,1-6H3,(H2,26,27,30)/t16-,17+,18+,19+,20-,24-,25-/m1/s1. The number of hydrogen-bond acceptors (Lipinski definition) is 2. The van der Waals surface area contributed by atoms with E-state index in [1.165, 1.54) is 32.1 Å². The monoisotopic (exact) mass is 415 g/mol. The average molecular weight is 416 g/mol. The van der Waals surface area contributed by atoms with Gasteiger partial charge in [0.2, 0.25) is 5.91 Å². The van der Waals surface area contributed by atoms with E-state index in [9.17, 15) is 9.59 Å². The molecule has 3 fully saturated rings. The molecular weight excluding hydrogens is 374 g/mol. The Balaban J connectivity index is 1.47. The maximum Gasteiger partial charge on any atom is 0.315 e. The minimum Gasteiger partial charge on any atom is -0.338 e. The molecule has 5 heteroatoms. The van der Waals surface area contributed by atoms with Crippen LogP contribution in [0.5, 0.6) is 0 Å². The van der Waals surface area contributed by atoms with Gasteiger partial charge in [0, 0.05) is 30.6 Å². The molecule has 4 rings (SSSR count). The van der Waals surface area contributed by atoms with Gasteiger partial charge in [-0.3, -0.25) is 4.79 Å². The highest BCUT2D eigenvalue weighted by atomic mass is 16.2. The molecule has 5 nitrogen and oxygen atoms in total. The molecule has 0 saturated heterocycles. The van der Waals surface area contributed by atoms with Crippen molar-refractivity contribution in [2.45, 2.75) is 84.7 Å². The lowest BCUT2D eigenvalue weighted by Gasteiger charge is -2.60. The first-order valence-electron chi connectivity index (χ1n) is 12.0. The number of urea groups is 1. The molecule has 30 heavy (non-hydrogen) atoms. The Morgan fingerprint density at radius 3 is 2.57 bits per heavy atom. The van der Waals surface area contributed by atoms with E-state index in [0.717, 1.165) is 24.8 Å². The summed E-state index contributed by atoms with van der Waals surface area (Å²) in [4.78, 5) is 26.5. The van der Waals surface area contributed by atoms with Crippen LogP contribution in [0.25, 0.3) is 0 Å². The van der Waals surface area contributed by atoms with Crippen molar-refractivity contribution in [3.05, 3.63) is 12.2 Å². The summed E-state index contributed by atoms with van der Waals surface area (Å²) in [5.74, 6) is 2.87. The molecule has 3 aliphatic carbocycles. The van der Waals surface area contributed by atoms with Crippen LogP contribution in [0, 0.1) is 34.5 Å². The molecule has 0 aromatic heterocycles. The van der Waals surface area contributed by atoms with Crippen LogP contribution in [-0.4, -0.2) is 42.0 Å². The van der Waals surface area contributed by atoms with Gasteiger partial charge in [0.1, 0.15) is 0 Å². The molecule has 0 aromatic carbocycles. The third-order valence-electron chi connectivity index (χ3n) is 9.32. The van der Waals surface area contributed by atoms with E-state index in [2.05, 4.69) is 30.6 Å². The molecule has 0 spiro atoms. The van der Waals surface area contributed by atoms with E-state index >= 15 is 0 Å². The van der Waals surface area contributed by atoms with Gasteiger partial charge in [-0.15, -0.1) is 0 Å². The number of amides is 3. The Morgan fingerprint density at radius 2 is 1.87 bits per heavy atom. The maximum atomic E-state index is 12.3. The number of fused-ring (bicyclic) bond motifs is 5. The van der Waals surface area contributed by atoms with Crippen molar-refractivity contribution in [2.75, 3.05) is 13.6 Å². The van der Waals surface area contributed by atoms with Crippen LogP contribution in [0.2, 0.25) is 0 Å². The van der Waals surface area contributed by atoms with Crippen LogP contribution in [0.3, 0.4) is 0 Å². The van der Waals surface area contributed by atoms with Crippen LogP contribution in [0.1, 0.15) is 73.1 Å². The molecule has 7 atom stereocenters. The van der Waals surface area contributed by atoms with E-state index < -0.39 is 0 Å². The highest BCUT2D eigenvalue weighted by molar-refractivity contribution is 5.89. The fourth-order valence-electron chi connectivity index (χ4n) is 7.78. The summed E-state index contributed by atoms with van der Waals surface area (Å²) < 4.78 is 0. The van der Waals surface area contributed by atoms with Gasteiger partial charge < -0.3 is 15.5 Å². The summed E-state index contributed by atoms with van der Waals surface area (Å²) in [7, 11) is 1.99. The quantitative estimate of drug-likeness (QED) is 0.705. The predicted molar refractivity (Wildman–Crippen MR) is 120 cm³/mol. The van der Waals surface area contributed by atoms with Gasteiger partial charge in [-0.05, 0) is 94.5 Å². The van der Waals surface area contributed by atoms with Crippen LogP contribution in [0.4, 0.5) is 4.79 Å². The number of hydrogen-bond donors (Lipinski definition) is 2. The number of likely N-dealkylation sites (N-methyl/N-ethyl adjacent to an activating group) is 1. The minimum atomic E-state index is -0.208. The Labute approximate surface area is 182 Å². The zero-order valence-corrected chi connectivity index (χ0v) is 19.8. The van der Waals surface area contributed by atoms with Gasteiger partial charge in [0.15, 0.2) is 0 Å². The first-order chi connectivity index (χ1) is 14.0. The maximum absolute atomic E-state index is 12.3. The zero-order valence-electron chi connectivity index (χ0n) is 19.8. The first-order valence-corrected chi connectivity index (χ1v) is 12.0. The number of rotatable bonds is 2. The third kappa shape index (κ3) is 3.46. The fourth-order valence-corrected chi connectivity index (χ4v) is 7.78. The van der Waals surface area contributed by atoms with Crippen molar-refractivity contribution in [3.8, 4) is 0 Å². The second kappa shape index (κ2) is 7.27. The summed E-state index contributed by atoms with van der Waals surface area (Å²) in [5, 5.41) is 6.20. The van der Waals surface area contributed by atoms with Crippen molar-refractivity contribution in [3.63, 3.8) is 0 Å². The lowest BCUT2D eigenvalue weighted by molar-refractivity contribution is -0.138.